The van der Waals surface area contributed by atoms with Gasteiger partial charge in [0, 0.05) is 0 Å². The number of furan rings is 1. The number of carbonyl (C=O) groups is 3. The molecule has 1 aromatic heterocycles. The Labute approximate surface area is 143 Å². The number of anilines is 1. The van der Waals surface area contributed by atoms with E-state index in [2.05, 4.69) is 0 Å². The van der Waals surface area contributed by atoms with E-state index in [1.54, 1.807) is 30.3 Å². The molecule has 6 nitrogen and oxygen atoms in total. The van der Waals surface area contributed by atoms with E-state index in [4.69, 9.17) is 9.15 Å². The molecule has 126 valence electrons. The first-order valence-corrected chi connectivity index (χ1v) is 8.03. The predicted octanol–water partition coefficient (Wildman–Crippen LogP) is 2.95. The molecule has 1 aliphatic carbocycles. The van der Waals surface area contributed by atoms with Gasteiger partial charge in [-0.15, -0.1) is 0 Å². The quantitative estimate of drug-likeness (QED) is 0.372. The zero-order valence-corrected chi connectivity index (χ0v) is 13.3. The minimum Gasteiger partial charge on any atom is -0.457 e. The number of allylic oxidation sites excluding steroid dienone is 2. The molecule has 0 bridgehead atoms. The fourth-order valence-corrected chi connectivity index (χ4v) is 3.27. The van der Waals surface area contributed by atoms with Gasteiger partial charge in [-0.3, -0.25) is 14.5 Å². The van der Waals surface area contributed by atoms with Gasteiger partial charge in [0.1, 0.15) is 5.75 Å². The van der Waals surface area contributed by atoms with Crippen LogP contribution in [0.1, 0.15) is 23.4 Å². The molecule has 1 fully saturated rings. The largest absolute Gasteiger partial charge is 0.457 e. The molecule has 1 saturated heterocycles. The number of imide groups is 1. The standard InChI is InChI=1S/C19H15NO5/c21-17-14-4-1-2-5-15(14)18(22)20(17)12-7-9-13(10-8-12)25-19(23)16-6-3-11-24-16/h1-3,6-11,14-15H,4-5H2. The molecule has 1 aliphatic heterocycles. The number of rotatable bonds is 3. The maximum Gasteiger partial charge on any atom is 0.379 e. The molecule has 0 radical (unpaired) electrons. The molecule has 2 amide bonds. The van der Waals surface area contributed by atoms with Crippen LogP contribution in [0.25, 0.3) is 0 Å². The van der Waals surface area contributed by atoms with Crippen molar-refractivity contribution in [1.29, 1.82) is 0 Å². The first-order valence-electron chi connectivity index (χ1n) is 8.03. The minimum atomic E-state index is -0.608. The van der Waals surface area contributed by atoms with E-state index in [9.17, 15) is 14.4 Å². The Morgan fingerprint density at radius 3 is 2.20 bits per heavy atom. The Morgan fingerprint density at radius 2 is 1.64 bits per heavy atom. The monoisotopic (exact) mass is 337 g/mol. The fourth-order valence-electron chi connectivity index (χ4n) is 3.27. The Kier molecular flexibility index (Phi) is 3.72. The molecule has 0 N–H and O–H groups in total. The van der Waals surface area contributed by atoms with Crippen molar-refractivity contribution in [1.82, 2.24) is 0 Å². The fraction of sp³-hybridized carbons (Fsp3) is 0.211. The highest BCUT2D eigenvalue weighted by Gasteiger charge is 2.47. The van der Waals surface area contributed by atoms with Crippen molar-refractivity contribution in [2.24, 2.45) is 11.8 Å². The molecule has 25 heavy (non-hydrogen) atoms. The summed E-state index contributed by atoms with van der Waals surface area (Å²) in [5.41, 5.74) is 0.488. The van der Waals surface area contributed by atoms with Crippen molar-refractivity contribution in [3.63, 3.8) is 0 Å². The summed E-state index contributed by atoms with van der Waals surface area (Å²) in [5.74, 6) is -1.07. The van der Waals surface area contributed by atoms with Gasteiger partial charge in [-0.1, -0.05) is 12.2 Å². The number of carbonyl (C=O) groups excluding carboxylic acids is 3. The van der Waals surface area contributed by atoms with Crippen LogP contribution in [-0.4, -0.2) is 17.8 Å². The molecule has 0 spiro atoms. The van der Waals surface area contributed by atoms with E-state index in [1.807, 2.05) is 12.2 Å². The summed E-state index contributed by atoms with van der Waals surface area (Å²) in [4.78, 5) is 38.2. The molecule has 1 aromatic carbocycles. The van der Waals surface area contributed by atoms with Crippen molar-refractivity contribution >= 4 is 23.5 Å². The van der Waals surface area contributed by atoms with Gasteiger partial charge in [0.2, 0.25) is 17.6 Å². The van der Waals surface area contributed by atoms with Gasteiger partial charge in [-0.2, -0.15) is 0 Å². The van der Waals surface area contributed by atoms with Crippen molar-refractivity contribution in [2.45, 2.75) is 12.8 Å². The highest BCUT2D eigenvalue weighted by molar-refractivity contribution is 6.22. The van der Waals surface area contributed by atoms with Crippen molar-refractivity contribution < 1.29 is 23.5 Å². The SMILES string of the molecule is O=C(Oc1ccc(N2C(=O)C3CC=CCC3C2=O)cc1)c1ccco1. The molecule has 2 aromatic rings. The molecule has 2 unspecified atom stereocenters. The zero-order chi connectivity index (χ0) is 17.4. The number of ether oxygens (including phenoxy) is 1. The van der Waals surface area contributed by atoms with Crippen LogP contribution in [0.5, 0.6) is 5.75 Å². The third-order valence-corrected chi connectivity index (χ3v) is 4.54. The van der Waals surface area contributed by atoms with Gasteiger partial charge in [-0.05, 0) is 49.2 Å². The normalized spacial score (nSPS) is 22.2. The first kappa shape index (κ1) is 15.4. The van der Waals surface area contributed by atoms with Crippen LogP contribution in [0.15, 0.2) is 59.2 Å². The topological polar surface area (TPSA) is 76.8 Å². The van der Waals surface area contributed by atoms with E-state index in [0.717, 1.165) is 0 Å². The summed E-state index contributed by atoms with van der Waals surface area (Å²) in [7, 11) is 0. The molecular formula is C19H15NO5. The van der Waals surface area contributed by atoms with Gasteiger partial charge < -0.3 is 9.15 Å². The molecule has 2 heterocycles. The number of fused-ring (bicyclic) bond motifs is 1. The number of hydrogen-bond donors (Lipinski definition) is 0. The highest BCUT2D eigenvalue weighted by Crippen LogP contribution is 2.37. The van der Waals surface area contributed by atoms with Gasteiger partial charge in [0.05, 0.1) is 23.8 Å². The Balaban J connectivity index is 1.51. The maximum atomic E-state index is 12.5. The van der Waals surface area contributed by atoms with Crippen LogP contribution in [-0.2, 0) is 9.59 Å². The third-order valence-electron chi connectivity index (χ3n) is 4.54. The Bertz CT molecular complexity index is 824. The van der Waals surface area contributed by atoms with E-state index in [0.29, 0.717) is 24.3 Å². The van der Waals surface area contributed by atoms with Crippen LogP contribution in [0.3, 0.4) is 0 Å². The van der Waals surface area contributed by atoms with Gasteiger partial charge in [0.25, 0.3) is 0 Å². The second kappa shape index (κ2) is 6.05. The Morgan fingerprint density at radius 1 is 1.00 bits per heavy atom. The van der Waals surface area contributed by atoms with Gasteiger partial charge in [-0.25, -0.2) is 4.79 Å². The molecule has 2 aliphatic rings. The molecular weight excluding hydrogens is 322 g/mol. The Hall–Kier alpha value is -3.15. The average Bonchev–Trinajstić information content (AvgIpc) is 3.25. The van der Waals surface area contributed by atoms with Crippen LogP contribution in [0.4, 0.5) is 5.69 Å². The first-order chi connectivity index (χ1) is 12.1. The minimum absolute atomic E-state index is 0.102. The molecule has 4 rings (SSSR count). The van der Waals surface area contributed by atoms with E-state index in [1.165, 1.54) is 17.2 Å². The lowest BCUT2D eigenvalue weighted by Crippen LogP contribution is -2.30. The lowest BCUT2D eigenvalue weighted by Gasteiger charge is -2.15. The predicted molar refractivity (Wildman–Crippen MR) is 88.0 cm³/mol. The zero-order valence-electron chi connectivity index (χ0n) is 13.3. The maximum absolute atomic E-state index is 12.5. The summed E-state index contributed by atoms with van der Waals surface area (Å²) in [6, 6.07) is 9.41. The average molecular weight is 337 g/mol. The van der Waals surface area contributed by atoms with Crippen molar-refractivity contribution in [2.75, 3.05) is 4.90 Å². The smallest absolute Gasteiger partial charge is 0.379 e. The van der Waals surface area contributed by atoms with Crippen LogP contribution in [0.2, 0.25) is 0 Å². The number of amides is 2. The summed E-state index contributed by atoms with van der Waals surface area (Å²) in [5, 5.41) is 0. The molecule has 2 atom stereocenters. The third kappa shape index (κ3) is 2.65. The summed E-state index contributed by atoms with van der Waals surface area (Å²) < 4.78 is 10.2. The second-order valence-corrected chi connectivity index (χ2v) is 6.03. The molecule has 6 heteroatoms. The summed E-state index contributed by atoms with van der Waals surface area (Å²) in [6.07, 6.45) is 6.49. The van der Waals surface area contributed by atoms with E-state index in [-0.39, 0.29) is 29.4 Å². The van der Waals surface area contributed by atoms with Crippen molar-refractivity contribution in [3.8, 4) is 5.75 Å². The number of hydrogen-bond acceptors (Lipinski definition) is 5. The van der Waals surface area contributed by atoms with Crippen molar-refractivity contribution in [3.05, 3.63) is 60.6 Å². The van der Waals surface area contributed by atoms with Crippen LogP contribution < -0.4 is 9.64 Å². The van der Waals surface area contributed by atoms with Crippen LogP contribution >= 0.6 is 0 Å². The van der Waals surface area contributed by atoms with E-state index >= 15 is 0 Å². The van der Waals surface area contributed by atoms with Crippen LogP contribution in [0, 0.1) is 11.8 Å². The highest BCUT2D eigenvalue weighted by atomic mass is 16.5. The summed E-state index contributed by atoms with van der Waals surface area (Å²) in [6.45, 7) is 0. The van der Waals surface area contributed by atoms with Gasteiger partial charge >= 0.3 is 5.97 Å². The molecule has 0 saturated carbocycles. The van der Waals surface area contributed by atoms with Gasteiger partial charge in [0.15, 0.2) is 0 Å². The lowest BCUT2D eigenvalue weighted by molar-refractivity contribution is -0.122. The number of esters is 1. The summed E-state index contributed by atoms with van der Waals surface area (Å²) >= 11 is 0. The number of nitrogens with zero attached hydrogens (tertiary/aromatic N) is 1. The van der Waals surface area contributed by atoms with E-state index < -0.39 is 5.97 Å². The number of benzene rings is 1. The second-order valence-electron chi connectivity index (χ2n) is 6.03. The lowest BCUT2D eigenvalue weighted by atomic mass is 9.85.